The van der Waals surface area contributed by atoms with Gasteiger partial charge in [0.2, 0.25) is 0 Å². The molecular weight excluding hydrogens is 290 g/mol. The second-order valence-electron chi connectivity index (χ2n) is 6.30. The van der Waals surface area contributed by atoms with Gasteiger partial charge in [0.25, 0.3) is 5.91 Å². The predicted octanol–water partition coefficient (Wildman–Crippen LogP) is 3.81. The first-order chi connectivity index (χ1) is 11.0. The van der Waals surface area contributed by atoms with Gasteiger partial charge in [-0.2, -0.15) is 0 Å². The molecule has 120 valence electrons. The molecule has 0 radical (unpaired) electrons. The number of aromatic hydroxyl groups is 2. The molecule has 1 aliphatic heterocycles. The highest BCUT2D eigenvalue weighted by atomic mass is 16.3. The smallest absolute Gasteiger partial charge is 0.262 e. The molecule has 0 saturated carbocycles. The van der Waals surface area contributed by atoms with Crippen molar-refractivity contribution in [3.63, 3.8) is 0 Å². The third-order valence-corrected chi connectivity index (χ3v) is 4.35. The zero-order chi connectivity index (χ0) is 16.6. The quantitative estimate of drug-likeness (QED) is 0.886. The van der Waals surface area contributed by atoms with E-state index in [1.54, 1.807) is 4.90 Å². The number of hydrogen-bond acceptors (Lipinski definition) is 3. The second kappa shape index (κ2) is 5.95. The van der Waals surface area contributed by atoms with Crippen LogP contribution < -0.4 is 4.90 Å². The minimum atomic E-state index is -0.235. The first kappa shape index (κ1) is 15.4. The average molecular weight is 311 g/mol. The summed E-state index contributed by atoms with van der Waals surface area (Å²) in [6, 6.07) is 10.3. The van der Waals surface area contributed by atoms with Gasteiger partial charge in [0.1, 0.15) is 11.5 Å². The molecule has 1 amide bonds. The van der Waals surface area contributed by atoms with Crippen molar-refractivity contribution in [1.82, 2.24) is 0 Å². The van der Waals surface area contributed by atoms with Crippen LogP contribution in [0.2, 0.25) is 0 Å². The van der Waals surface area contributed by atoms with Crippen LogP contribution >= 0.6 is 0 Å². The minimum Gasteiger partial charge on any atom is -0.508 e. The molecular formula is C19H21NO3. The van der Waals surface area contributed by atoms with Gasteiger partial charge in [-0.05, 0) is 48.1 Å². The van der Waals surface area contributed by atoms with Crippen LogP contribution in [0.15, 0.2) is 36.4 Å². The molecule has 0 fully saturated rings. The van der Waals surface area contributed by atoms with Crippen molar-refractivity contribution in [2.75, 3.05) is 11.4 Å². The van der Waals surface area contributed by atoms with Crippen LogP contribution in [0, 0.1) is 0 Å². The zero-order valence-corrected chi connectivity index (χ0v) is 13.4. The maximum Gasteiger partial charge on any atom is 0.262 e. The molecule has 0 saturated heterocycles. The molecule has 3 rings (SSSR count). The predicted molar refractivity (Wildman–Crippen MR) is 90.3 cm³/mol. The summed E-state index contributed by atoms with van der Waals surface area (Å²) in [5.41, 5.74) is 3.57. The first-order valence-corrected chi connectivity index (χ1v) is 7.94. The average Bonchev–Trinajstić information content (AvgIpc) is 2.53. The number of benzene rings is 2. The number of rotatable bonds is 2. The molecule has 2 N–H and O–H groups in total. The molecule has 4 heteroatoms. The number of carbonyl (C=O) groups is 1. The summed E-state index contributed by atoms with van der Waals surface area (Å²) in [6.07, 6.45) is 1.86. The van der Waals surface area contributed by atoms with E-state index in [4.69, 9.17) is 0 Å². The van der Waals surface area contributed by atoms with Crippen LogP contribution in [0.4, 0.5) is 5.69 Å². The third kappa shape index (κ3) is 2.89. The van der Waals surface area contributed by atoms with Gasteiger partial charge in [0.05, 0.1) is 5.56 Å². The van der Waals surface area contributed by atoms with Gasteiger partial charge in [-0.3, -0.25) is 4.79 Å². The van der Waals surface area contributed by atoms with Crippen LogP contribution in [0.3, 0.4) is 0 Å². The van der Waals surface area contributed by atoms with Crippen molar-refractivity contribution in [3.8, 4) is 11.5 Å². The molecule has 1 aliphatic rings. The van der Waals surface area contributed by atoms with E-state index < -0.39 is 0 Å². The van der Waals surface area contributed by atoms with Gasteiger partial charge in [-0.15, -0.1) is 0 Å². The summed E-state index contributed by atoms with van der Waals surface area (Å²) >= 11 is 0. The SMILES string of the molecule is CC(C)c1ccc2c(c1)CCCN2C(=O)c1ccc(O)cc1O. The van der Waals surface area contributed by atoms with Crippen LogP contribution in [-0.2, 0) is 6.42 Å². The molecule has 0 bridgehead atoms. The van der Waals surface area contributed by atoms with Crippen molar-refractivity contribution in [2.24, 2.45) is 0 Å². The molecule has 2 aromatic rings. The highest BCUT2D eigenvalue weighted by molar-refractivity contribution is 6.08. The Kier molecular flexibility index (Phi) is 3.99. The molecule has 2 aromatic carbocycles. The van der Waals surface area contributed by atoms with Crippen LogP contribution in [0.5, 0.6) is 11.5 Å². The van der Waals surface area contributed by atoms with Gasteiger partial charge in [0.15, 0.2) is 0 Å². The number of phenols is 2. The van der Waals surface area contributed by atoms with Gasteiger partial charge >= 0.3 is 0 Å². The minimum absolute atomic E-state index is 0.0559. The van der Waals surface area contributed by atoms with Crippen molar-refractivity contribution < 1.29 is 15.0 Å². The molecule has 1 heterocycles. The fourth-order valence-electron chi connectivity index (χ4n) is 3.03. The van der Waals surface area contributed by atoms with Gasteiger partial charge in [0, 0.05) is 18.3 Å². The molecule has 0 spiro atoms. The lowest BCUT2D eigenvalue weighted by molar-refractivity contribution is 0.0982. The van der Waals surface area contributed by atoms with Gasteiger partial charge in [-0.25, -0.2) is 0 Å². The van der Waals surface area contributed by atoms with E-state index in [1.807, 2.05) is 6.07 Å². The summed E-state index contributed by atoms with van der Waals surface area (Å²) in [7, 11) is 0. The normalized spacial score (nSPS) is 14.0. The zero-order valence-electron chi connectivity index (χ0n) is 13.4. The van der Waals surface area contributed by atoms with Crippen molar-refractivity contribution >= 4 is 11.6 Å². The van der Waals surface area contributed by atoms with Gasteiger partial charge < -0.3 is 15.1 Å². The lowest BCUT2D eigenvalue weighted by Gasteiger charge is -2.30. The number of carbonyl (C=O) groups excluding carboxylic acids is 1. The fourth-order valence-corrected chi connectivity index (χ4v) is 3.03. The summed E-state index contributed by atoms with van der Waals surface area (Å²) in [4.78, 5) is 14.5. The van der Waals surface area contributed by atoms with E-state index in [0.717, 1.165) is 18.5 Å². The lowest BCUT2D eigenvalue weighted by atomic mass is 9.94. The Bertz CT molecular complexity index is 752. The summed E-state index contributed by atoms with van der Waals surface area (Å²) in [5, 5.41) is 19.3. The highest BCUT2D eigenvalue weighted by Crippen LogP contribution is 2.33. The number of nitrogens with zero attached hydrogens (tertiary/aromatic N) is 1. The molecule has 0 aliphatic carbocycles. The second-order valence-corrected chi connectivity index (χ2v) is 6.30. The van der Waals surface area contributed by atoms with E-state index in [-0.39, 0.29) is 23.0 Å². The summed E-state index contributed by atoms with van der Waals surface area (Å²) in [6.45, 7) is 4.94. The molecule has 0 unspecified atom stereocenters. The number of aryl methyl sites for hydroxylation is 1. The van der Waals surface area contributed by atoms with Crippen LogP contribution in [0.1, 0.15) is 47.7 Å². The Morgan fingerprint density at radius 1 is 1.13 bits per heavy atom. The monoisotopic (exact) mass is 311 g/mol. The maximum absolute atomic E-state index is 12.8. The number of anilines is 1. The van der Waals surface area contributed by atoms with Crippen molar-refractivity contribution in [3.05, 3.63) is 53.1 Å². The fraction of sp³-hybridized carbons (Fsp3) is 0.316. The van der Waals surface area contributed by atoms with Crippen molar-refractivity contribution in [2.45, 2.75) is 32.6 Å². The van der Waals surface area contributed by atoms with E-state index in [9.17, 15) is 15.0 Å². The third-order valence-electron chi connectivity index (χ3n) is 4.35. The molecule has 4 nitrogen and oxygen atoms in total. The summed E-state index contributed by atoms with van der Waals surface area (Å²) in [5.74, 6) is -0.0335. The Balaban J connectivity index is 1.98. The largest absolute Gasteiger partial charge is 0.508 e. The standard InChI is InChI=1S/C19H21NO3/c1-12(2)13-5-8-17-14(10-13)4-3-9-20(17)19(23)16-7-6-15(21)11-18(16)22/h5-8,10-12,21-22H,3-4,9H2,1-2H3. The van der Waals surface area contributed by atoms with Crippen LogP contribution in [-0.4, -0.2) is 22.7 Å². The number of amides is 1. The topological polar surface area (TPSA) is 60.8 Å². The molecule has 23 heavy (non-hydrogen) atoms. The Morgan fingerprint density at radius 2 is 1.91 bits per heavy atom. The van der Waals surface area contributed by atoms with E-state index in [0.29, 0.717) is 12.5 Å². The molecule has 0 aromatic heterocycles. The number of fused-ring (bicyclic) bond motifs is 1. The van der Waals surface area contributed by atoms with Crippen molar-refractivity contribution in [1.29, 1.82) is 0 Å². The number of hydrogen-bond donors (Lipinski definition) is 2. The number of phenolic OH excluding ortho intramolecular Hbond substituents is 2. The van der Waals surface area contributed by atoms with E-state index in [1.165, 1.54) is 29.3 Å². The Morgan fingerprint density at radius 3 is 2.61 bits per heavy atom. The first-order valence-electron chi connectivity index (χ1n) is 7.94. The van der Waals surface area contributed by atoms with Gasteiger partial charge in [-0.1, -0.05) is 26.0 Å². The Labute approximate surface area is 136 Å². The van der Waals surface area contributed by atoms with E-state index >= 15 is 0 Å². The molecule has 0 atom stereocenters. The van der Waals surface area contributed by atoms with E-state index in [2.05, 4.69) is 26.0 Å². The highest BCUT2D eigenvalue weighted by Gasteiger charge is 2.25. The Hall–Kier alpha value is -2.49. The van der Waals surface area contributed by atoms with Crippen LogP contribution in [0.25, 0.3) is 0 Å². The lowest BCUT2D eigenvalue weighted by Crippen LogP contribution is -2.35. The maximum atomic E-state index is 12.8. The summed E-state index contributed by atoms with van der Waals surface area (Å²) < 4.78 is 0.